The molecule has 1 unspecified atom stereocenters. The monoisotopic (exact) mass is 455 g/mol. The van der Waals surface area contributed by atoms with Gasteiger partial charge in [-0.25, -0.2) is 14.8 Å². The summed E-state index contributed by atoms with van der Waals surface area (Å²) in [5.74, 6) is 0.774. The lowest BCUT2D eigenvalue weighted by Gasteiger charge is -2.32. The van der Waals surface area contributed by atoms with Crippen LogP contribution in [0.2, 0.25) is 0 Å². The second kappa shape index (κ2) is 9.25. The SMILES string of the molecule is CC1=C(c2ccccc2)C(CC(=O)C2CCN(C(=O)Nc3cccc(C)n3)CC2)n2cncc21. The highest BCUT2D eigenvalue weighted by atomic mass is 16.2. The summed E-state index contributed by atoms with van der Waals surface area (Å²) < 4.78 is 2.13. The van der Waals surface area contributed by atoms with Gasteiger partial charge in [0.05, 0.1) is 24.3 Å². The van der Waals surface area contributed by atoms with Crippen molar-refractivity contribution in [3.8, 4) is 0 Å². The molecule has 2 amide bonds. The zero-order valence-corrected chi connectivity index (χ0v) is 19.6. The first-order valence-corrected chi connectivity index (χ1v) is 11.8. The van der Waals surface area contributed by atoms with E-state index in [9.17, 15) is 9.59 Å². The molecule has 1 aromatic carbocycles. The normalized spacial score (nSPS) is 18.2. The van der Waals surface area contributed by atoms with Gasteiger partial charge in [-0.3, -0.25) is 10.1 Å². The summed E-state index contributed by atoms with van der Waals surface area (Å²) in [5.41, 5.74) is 5.46. The molecule has 7 nitrogen and oxygen atoms in total. The van der Waals surface area contributed by atoms with E-state index in [0.29, 0.717) is 38.2 Å². The molecule has 0 saturated carbocycles. The number of fused-ring (bicyclic) bond motifs is 1. The molecule has 1 saturated heterocycles. The number of carbonyl (C=O) groups is 2. The predicted molar refractivity (Wildman–Crippen MR) is 132 cm³/mol. The first-order chi connectivity index (χ1) is 16.5. The maximum absolute atomic E-state index is 13.4. The molecule has 4 heterocycles. The number of benzene rings is 1. The topological polar surface area (TPSA) is 80.1 Å². The highest BCUT2D eigenvalue weighted by Crippen LogP contribution is 2.44. The molecule has 1 N–H and O–H groups in total. The molecular weight excluding hydrogens is 426 g/mol. The minimum absolute atomic E-state index is 0.0361. The molecule has 1 atom stereocenters. The summed E-state index contributed by atoms with van der Waals surface area (Å²) in [7, 11) is 0. The number of hydrogen-bond acceptors (Lipinski definition) is 4. The molecule has 0 bridgehead atoms. The maximum atomic E-state index is 13.4. The van der Waals surface area contributed by atoms with Gasteiger partial charge in [0.25, 0.3) is 0 Å². The zero-order chi connectivity index (χ0) is 23.7. The number of allylic oxidation sites excluding steroid dienone is 2. The van der Waals surface area contributed by atoms with Crippen molar-refractivity contribution in [3.63, 3.8) is 0 Å². The van der Waals surface area contributed by atoms with Crippen LogP contribution in [-0.4, -0.2) is 44.3 Å². The summed E-state index contributed by atoms with van der Waals surface area (Å²) in [5, 5.41) is 2.87. The van der Waals surface area contributed by atoms with Crippen LogP contribution in [-0.2, 0) is 4.79 Å². The van der Waals surface area contributed by atoms with Gasteiger partial charge in [-0.15, -0.1) is 0 Å². The largest absolute Gasteiger partial charge is 0.324 e. The Kier molecular flexibility index (Phi) is 6.01. The molecule has 2 aromatic heterocycles. The third-order valence-electron chi connectivity index (χ3n) is 6.96. The average Bonchev–Trinajstić information content (AvgIpc) is 3.43. The Labute approximate surface area is 199 Å². The smallest absolute Gasteiger partial charge is 0.323 e. The number of aromatic nitrogens is 3. The standard InChI is InChI=1S/C27H29N5O2/c1-18-7-6-10-25(29-18)30-27(34)31-13-11-20(12-14-31)24(33)15-22-26(21-8-4-3-5-9-21)19(2)23-16-28-17-32(22)23/h3-10,16-17,20,22H,11-15H2,1-2H3,(H,29,30,34). The van der Waals surface area contributed by atoms with Crippen LogP contribution < -0.4 is 5.32 Å². The number of imidazole rings is 1. The van der Waals surface area contributed by atoms with Crippen LogP contribution in [0, 0.1) is 12.8 Å². The van der Waals surface area contributed by atoms with Gasteiger partial charge in [0.1, 0.15) is 11.6 Å². The van der Waals surface area contributed by atoms with Crippen molar-refractivity contribution in [1.82, 2.24) is 19.4 Å². The van der Waals surface area contributed by atoms with Crippen LogP contribution in [0.25, 0.3) is 11.1 Å². The molecular formula is C27H29N5O2. The van der Waals surface area contributed by atoms with Gasteiger partial charge in [0.2, 0.25) is 0 Å². The van der Waals surface area contributed by atoms with E-state index in [0.717, 1.165) is 17.0 Å². The number of pyridine rings is 1. The van der Waals surface area contributed by atoms with E-state index in [-0.39, 0.29) is 23.8 Å². The number of carbonyl (C=O) groups excluding carboxylic acids is 2. The molecule has 0 spiro atoms. The Morgan fingerprint density at radius 1 is 1.03 bits per heavy atom. The van der Waals surface area contributed by atoms with Crippen LogP contribution in [0.5, 0.6) is 0 Å². The first-order valence-electron chi connectivity index (χ1n) is 11.8. The first kappa shape index (κ1) is 22.1. The Balaban J connectivity index is 1.23. The van der Waals surface area contributed by atoms with E-state index in [1.165, 1.54) is 11.1 Å². The molecule has 0 radical (unpaired) electrons. The lowest BCUT2D eigenvalue weighted by Crippen LogP contribution is -2.42. The third-order valence-corrected chi connectivity index (χ3v) is 6.96. The number of aryl methyl sites for hydroxylation is 1. The quantitative estimate of drug-likeness (QED) is 0.589. The zero-order valence-electron chi connectivity index (χ0n) is 19.6. The molecule has 7 heteroatoms. The Hall–Kier alpha value is -3.74. The van der Waals surface area contributed by atoms with E-state index in [1.807, 2.05) is 49.8 Å². The molecule has 5 rings (SSSR count). The van der Waals surface area contributed by atoms with E-state index in [4.69, 9.17) is 0 Å². The van der Waals surface area contributed by atoms with Crippen molar-refractivity contribution in [2.75, 3.05) is 18.4 Å². The lowest BCUT2D eigenvalue weighted by atomic mass is 9.86. The minimum atomic E-state index is -0.159. The summed E-state index contributed by atoms with van der Waals surface area (Å²) >= 11 is 0. The van der Waals surface area contributed by atoms with E-state index < -0.39 is 0 Å². The van der Waals surface area contributed by atoms with Crippen molar-refractivity contribution in [2.24, 2.45) is 5.92 Å². The number of urea groups is 1. The van der Waals surface area contributed by atoms with Gasteiger partial charge in [0, 0.05) is 31.1 Å². The molecule has 34 heavy (non-hydrogen) atoms. The van der Waals surface area contributed by atoms with E-state index >= 15 is 0 Å². The lowest BCUT2D eigenvalue weighted by molar-refractivity contribution is -0.124. The van der Waals surface area contributed by atoms with Gasteiger partial charge in [-0.1, -0.05) is 36.4 Å². The molecule has 3 aromatic rings. The van der Waals surface area contributed by atoms with Crippen LogP contribution in [0.4, 0.5) is 10.6 Å². The number of Topliss-reactive ketones (excluding diaryl/α,β-unsaturated/α-hetero) is 1. The van der Waals surface area contributed by atoms with Gasteiger partial charge in [-0.05, 0) is 55.5 Å². The van der Waals surface area contributed by atoms with Crippen LogP contribution in [0.15, 0.2) is 61.1 Å². The summed E-state index contributed by atoms with van der Waals surface area (Å²) in [6, 6.07) is 15.6. The number of ketones is 1. The van der Waals surface area contributed by atoms with Crippen molar-refractivity contribution in [1.29, 1.82) is 0 Å². The second-order valence-corrected chi connectivity index (χ2v) is 9.13. The number of hydrogen-bond donors (Lipinski definition) is 1. The fourth-order valence-electron chi connectivity index (χ4n) is 5.16. The van der Waals surface area contributed by atoms with Gasteiger partial charge in [0.15, 0.2) is 0 Å². The Bertz CT molecular complexity index is 1240. The summed E-state index contributed by atoms with van der Waals surface area (Å²) in [6.07, 6.45) is 5.51. The van der Waals surface area contributed by atoms with Crippen molar-refractivity contribution < 1.29 is 9.59 Å². The van der Waals surface area contributed by atoms with Crippen LogP contribution in [0.1, 0.15) is 49.2 Å². The van der Waals surface area contributed by atoms with Crippen molar-refractivity contribution >= 4 is 28.8 Å². The van der Waals surface area contributed by atoms with E-state index in [2.05, 4.69) is 38.9 Å². The number of rotatable bonds is 5. The van der Waals surface area contributed by atoms with Crippen LogP contribution >= 0.6 is 0 Å². The van der Waals surface area contributed by atoms with Crippen LogP contribution in [0.3, 0.4) is 0 Å². The van der Waals surface area contributed by atoms with Gasteiger partial charge < -0.3 is 9.47 Å². The van der Waals surface area contributed by atoms with Crippen molar-refractivity contribution in [2.45, 2.75) is 39.2 Å². The average molecular weight is 456 g/mol. The fraction of sp³-hybridized carbons (Fsp3) is 0.333. The number of anilines is 1. The second-order valence-electron chi connectivity index (χ2n) is 9.13. The van der Waals surface area contributed by atoms with Gasteiger partial charge >= 0.3 is 6.03 Å². The van der Waals surface area contributed by atoms with Gasteiger partial charge in [-0.2, -0.15) is 0 Å². The number of likely N-dealkylation sites (tertiary alicyclic amines) is 1. The highest BCUT2D eigenvalue weighted by molar-refractivity contribution is 5.96. The number of nitrogens with one attached hydrogen (secondary N) is 1. The fourth-order valence-corrected chi connectivity index (χ4v) is 5.16. The molecule has 2 aliphatic heterocycles. The summed E-state index contributed by atoms with van der Waals surface area (Å²) in [6.45, 7) is 5.13. The highest BCUT2D eigenvalue weighted by Gasteiger charge is 2.34. The maximum Gasteiger partial charge on any atom is 0.323 e. The number of nitrogens with zero attached hydrogens (tertiary/aromatic N) is 4. The third kappa shape index (κ3) is 4.25. The molecule has 0 aliphatic carbocycles. The van der Waals surface area contributed by atoms with E-state index in [1.54, 1.807) is 11.0 Å². The Morgan fingerprint density at radius 3 is 2.53 bits per heavy atom. The molecule has 2 aliphatic rings. The number of piperidine rings is 1. The molecule has 1 fully saturated rings. The number of amides is 2. The Morgan fingerprint density at radius 2 is 1.79 bits per heavy atom. The summed E-state index contributed by atoms with van der Waals surface area (Å²) in [4.78, 5) is 36.5. The predicted octanol–water partition coefficient (Wildman–Crippen LogP) is 4.98. The minimum Gasteiger partial charge on any atom is -0.324 e. The van der Waals surface area contributed by atoms with Crippen molar-refractivity contribution in [3.05, 3.63) is 78.0 Å². The molecule has 174 valence electrons.